The molecule has 0 bridgehead atoms. The van der Waals surface area contributed by atoms with Crippen LogP contribution in [0.4, 0.5) is 5.69 Å². The lowest BCUT2D eigenvalue weighted by atomic mass is 10.1. The molecule has 8 nitrogen and oxygen atoms in total. The Hall–Kier alpha value is -3.56. The third-order valence-corrected chi connectivity index (χ3v) is 8.05. The molecule has 0 spiro atoms. The first-order valence-electron chi connectivity index (χ1n) is 12.1. The smallest absolute Gasteiger partial charge is 0.264 e. The number of carbonyl (C=O) groups excluding carboxylic acids is 2. The second kappa shape index (κ2) is 12.8. The van der Waals surface area contributed by atoms with Gasteiger partial charge in [-0.25, -0.2) is 8.42 Å². The Balaban J connectivity index is 2.02. The maximum Gasteiger partial charge on any atom is 0.264 e. The van der Waals surface area contributed by atoms with E-state index in [1.165, 1.54) is 29.2 Å². The molecule has 0 aliphatic heterocycles. The van der Waals surface area contributed by atoms with Crippen molar-refractivity contribution < 1.29 is 22.7 Å². The summed E-state index contributed by atoms with van der Waals surface area (Å²) >= 11 is 5.97. The van der Waals surface area contributed by atoms with Crippen LogP contribution in [0.1, 0.15) is 25.0 Å². The van der Waals surface area contributed by atoms with E-state index < -0.39 is 28.5 Å². The summed E-state index contributed by atoms with van der Waals surface area (Å²) in [5.41, 5.74) is 2.00. The molecule has 0 saturated carbocycles. The van der Waals surface area contributed by atoms with Gasteiger partial charge in [-0.15, -0.1) is 0 Å². The van der Waals surface area contributed by atoms with Gasteiger partial charge in [0.25, 0.3) is 10.0 Å². The summed E-state index contributed by atoms with van der Waals surface area (Å²) in [4.78, 5) is 28.0. The maximum absolute atomic E-state index is 13.8. The first-order valence-corrected chi connectivity index (χ1v) is 13.9. The van der Waals surface area contributed by atoms with Crippen molar-refractivity contribution in [3.05, 3.63) is 88.9 Å². The zero-order valence-corrected chi connectivity index (χ0v) is 23.4. The number of sulfonamides is 1. The highest BCUT2D eigenvalue weighted by Crippen LogP contribution is 2.26. The van der Waals surface area contributed by atoms with Crippen LogP contribution in [0.15, 0.2) is 77.7 Å². The molecule has 3 aromatic rings. The predicted octanol–water partition coefficient (Wildman–Crippen LogP) is 4.41. The molecule has 202 valence electrons. The zero-order chi connectivity index (χ0) is 27.9. The molecule has 0 aromatic heterocycles. The van der Waals surface area contributed by atoms with Crippen LogP contribution < -0.4 is 14.4 Å². The number of methoxy groups -OCH3 is 1. The van der Waals surface area contributed by atoms with Crippen LogP contribution in [-0.2, 0) is 26.2 Å². The van der Waals surface area contributed by atoms with Crippen LogP contribution in [0.3, 0.4) is 0 Å². The lowest BCUT2D eigenvalue weighted by Gasteiger charge is -2.32. The minimum Gasteiger partial charge on any atom is -0.497 e. The summed E-state index contributed by atoms with van der Waals surface area (Å²) in [5, 5.41) is 3.13. The van der Waals surface area contributed by atoms with Crippen molar-refractivity contribution in [2.24, 2.45) is 0 Å². The molecule has 10 heteroatoms. The molecule has 2 amide bonds. The van der Waals surface area contributed by atoms with Gasteiger partial charge in [0.1, 0.15) is 18.3 Å². The van der Waals surface area contributed by atoms with Crippen molar-refractivity contribution in [2.45, 2.75) is 38.3 Å². The second-order valence-corrected chi connectivity index (χ2v) is 11.0. The minimum atomic E-state index is -4.15. The topological polar surface area (TPSA) is 96.0 Å². The first-order chi connectivity index (χ1) is 18.1. The van der Waals surface area contributed by atoms with Gasteiger partial charge in [-0.2, -0.15) is 0 Å². The van der Waals surface area contributed by atoms with Crippen molar-refractivity contribution in [1.82, 2.24) is 10.2 Å². The molecule has 0 aliphatic rings. The first kappa shape index (κ1) is 29.0. The highest BCUT2D eigenvalue weighted by atomic mass is 35.5. The van der Waals surface area contributed by atoms with E-state index in [2.05, 4.69) is 5.32 Å². The highest BCUT2D eigenvalue weighted by Gasteiger charge is 2.32. The van der Waals surface area contributed by atoms with Crippen LogP contribution in [0.2, 0.25) is 5.02 Å². The average Bonchev–Trinajstić information content (AvgIpc) is 2.91. The molecule has 1 unspecified atom stereocenters. The van der Waals surface area contributed by atoms with E-state index in [4.69, 9.17) is 16.3 Å². The Labute approximate surface area is 229 Å². The number of hydrogen-bond acceptors (Lipinski definition) is 5. The molecule has 0 heterocycles. The van der Waals surface area contributed by atoms with Gasteiger partial charge in [-0.05, 0) is 74.9 Å². The Morgan fingerprint density at radius 2 is 1.68 bits per heavy atom. The summed E-state index contributed by atoms with van der Waals surface area (Å²) in [7, 11) is -2.60. The van der Waals surface area contributed by atoms with Gasteiger partial charge in [0.05, 0.1) is 17.7 Å². The van der Waals surface area contributed by atoms with Gasteiger partial charge in [-0.1, -0.05) is 41.4 Å². The number of anilines is 1. The average molecular weight is 558 g/mol. The number of likely N-dealkylation sites (N-methyl/N-ethyl adjacent to an activating group) is 1. The van der Waals surface area contributed by atoms with E-state index in [9.17, 15) is 18.0 Å². The van der Waals surface area contributed by atoms with Crippen molar-refractivity contribution in [2.75, 3.05) is 24.5 Å². The summed E-state index contributed by atoms with van der Waals surface area (Å²) in [6, 6.07) is 18.9. The quantitative estimate of drug-likeness (QED) is 0.377. The van der Waals surface area contributed by atoms with Crippen molar-refractivity contribution in [3.63, 3.8) is 0 Å². The fraction of sp³-hybridized carbons (Fsp3) is 0.286. The number of ether oxygens (including phenoxy) is 1. The summed E-state index contributed by atoms with van der Waals surface area (Å²) in [6.07, 6.45) is 0. The third-order valence-electron chi connectivity index (χ3n) is 6.01. The van der Waals surface area contributed by atoms with Crippen LogP contribution in [0, 0.1) is 6.92 Å². The molecule has 38 heavy (non-hydrogen) atoms. The second-order valence-electron chi connectivity index (χ2n) is 8.74. The van der Waals surface area contributed by atoms with Gasteiger partial charge < -0.3 is 15.0 Å². The Morgan fingerprint density at radius 1 is 1.03 bits per heavy atom. The number of carbonyl (C=O) groups is 2. The van der Waals surface area contributed by atoms with Gasteiger partial charge in [0.2, 0.25) is 11.8 Å². The van der Waals surface area contributed by atoms with Crippen molar-refractivity contribution in [1.29, 1.82) is 0 Å². The molecule has 0 fully saturated rings. The van der Waals surface area contributed by atoms with Crippen molar-refractivity contribution in [3.8, 4) is 5.75 Å². The lowest BCUT2D eigenvalue weighted by Crippen LogP contribution is -2.51. The normalized spacial score (nSPS) is 11.9. The number of halogens is 1. The number of nitrogens with zero attached hydrogens (tertiary/aromatic N) is 2. The standard InChI is InChI=1S/C28H32ClN3O5S/c1-5-30-28(34)21(3)31(18-22-7-6-8-25(17-22)37-4)27(33)19-32(24-13-9-20(2)10-14-24)38(35,36)26-15-11-23(29)12-16-26/h6-17,21H,5,18-19H2,1-4H3,(H,30,34). The van der Waals surface area contributed by atoms with E-state index >= 15 is 0 Å². The summed E-state index contributed by atoms with van der Waals surface area (Å²) in [5.74, 6) is -0.275. The Bertz CT molecular complexity index is 1360. The number of aryl methyl sites for hydroxylation is 1. The largest absolute Gasteiger partial charge is 0.497 e. The lowest BCUT2D eigenvalue weighted by molar-refractivity contribution is -0.139. The fourth-order valence-electron chi connectivity index (χ4n) is 3.85. The molecular formula is C28H32ClN3O5S. The third kappa shape index (κ3) is 7.05. The monoisotopic (exact) mass is 557 g/mol. The number of hydrogen-bond donors (Lipinski definition) is 1. The number of rotatable bonds is 11. The predicted molar refractivity (Wildman–Crippen MR) is 149 cm³/mol. The van der Waals surface area contributed by atoms with Crippen molar-refractivity contribution >= 4 is 39.1 Å². The molecule has 0 radical (unpaired) electrons. The van der Waals surface area contributed by atoms with Crippen LogP contribution in [0.5, 0.6) is 5.75 Å². The van der Waals surface area contributed by atoms with E-state index in [0.717, 1.165) is 15.4 Å². The molecule has 3 rings (SSSR count). The van der Waals surface area contributed by atoms with E-state index in [1.54, 1.807) is 63.4 Å². The molecule has 3 aromatic carbocycles. The van der Waals surface area contributed by atoms with Gasteiger partial charge in [0, 0.05) is 18.1 Å². The van der Waals surface area contributed by atoms with Gasteiger partial charge >= 0.3 is 0 Å². The number of nitrogens with one attached hydrogen (secondary N) is 1. The number of amides is 2. The molecule has 0 aliphatic carbocycles. The van der Waals surface area contributed by atoms with E-state index in [0.29, 0.717) is 23.0 Å². The van der Waals surface area contributed by atoms with Crippen LogP contribution in [-0.4, -0.2) is 51.4 Å². The summed E-state index contributed by atoms with van der Waals surface area (Å²) < 4.78 is 33.9. The minimum absolute atomic E-state index is 0.00797. The Kier molecular flexibility index (Phi) is 9.77. The summed E-state index contributed by atoms with van der Waals surface area (Å²) in [6.45, 7) is 5.25. The number of benzene rings is 3. The molecular weight excluding hydrogens is 526 g/mol. The molecule has 1 N–H and O–H groups in total. The van der Waals surface area contributed by atoms with E-state index in [1.807, 2.05) is 13.0 Å². The molecule has 0 saturated heterocycles. The maximum atomic E-state index is 13.8. The van der Waals surface area contributed by atoms with Gasteiger partial charge in [-0.3, -0.25) is 13.9 Å². The van der Waals surface area contributed by atoms with E-state index in [-0.39, 0.29) is 17.3 Å². The zero-order valence-electron chi connectivity index (χ0n) is 21.8. The van der Waals surface area contributed by atoms with Crippen LogP contribution in [0.25, 0.3) is 0 Å². The fourth-order valence-corrected chi connectivity index (χ4v) is 5.39. The molecule has 1 atom stereocenters. The highest BCUT2D eigenvalue weighted by molar-refractivity contribution is 7.92. The van der Waals surface area contributed by atoms with Gasteiger partial charge in [0.15, 0.2) is 0 Å². The Morgan fingerprint density at radius 3 is 2.29 bits per heavy atom. The van der Waals surface area contributed by atoms with Crippen LogP contribution >= 0.6 is 11.6 Å². The SMILES string of the molecule is CCNC(=O)C(C)N(Cc1cccc(OC)c1)C(=O)CN(c1ccc(C)cc1)S(=O)(=O)c1ccc(Cl)cc1.